The smallest absolute Gasteiger partial charge is 0.0124 e. The fourth-order valence-corrected chi connectivity index (χ4v) is 1.10. The second-order valence-electron chi connectivity index (χ2n) is 3.12. The van der Waals surface area contributed by atoms with E-state index in [1.54, 1.807) is 0 Å². The molecule has 0 aromatic carbocycles. The molecule has 0 aliphatic rings. The van der Waals surface area contributed by atoms with Crippen LogP contribution in [0.2, 0.25) is 0 Å². The summed E-state index contributed by atoms with van der Waals surface area (Å²) in [5.41, 5.74) is 1.36. The molecule has 0 bridgehead atoms. The first-order valence-electron chi connectivity index (χ1n) is 3.75. The average molecular weight is 136 g/mol. The van der Waals surface area contributed by atoms with Crippen LogP contribution in [0.15, 0.2) is 11.6 Å². The summed E-state index contributed by atoms with van der Waals surface area (Å²) in [6, 6.07) is 0. The van der Waals surface area contributed by atoms with Gasteiger partial charge in [0.1, 0.15) is 0 Å². The Morgan fingerprint density at radius 3 is 1.70 bits per heavy atom. The monoisotopic (exact) mass is 136 g/mol. The van der Waals surface area contributed by atoms with Crippen LogP contribution < -0.4 is 0 Å². The highest BCUT2D eigenvalue weighted by molar-refractivity contribution is 5.20. The Bertz CT molecular complexity index is 143. The first-order chi connectivity index (χ1) is 4.59. The van der Waals surface area contributed by atoms with Crippen LogP contribution in [0.1, 0.15) is 27.7 Å². The normalized spacial score (nSPS) is 9.70. The Hall–Kier alpha value is -0.700. The maximum absolute atomic E-state index is 5.18. The molecule has 0 unspecified atom stereocenters. The molecule has 0 heterocycles. The summed E-state index contributed by atoms with van der Waals surface area (Å²) in [6.45, 7) is 8.68. The number of terminal acetylenes is 1. The largest absolute Gasteiger partial charge is 0.115 e. The van der Waals surface area contributed by atoms with Gasteiger partial charge < -0.3 is 0 Å². The molecule has 0 aromatic rings. The maximum Gasteiger partial charge on any atom is -0.0124 e. The number of allylic oxidation sites excluding steroid dienone is 2. The quantitative estimate of drug-likeness (QED) is 0.512. The molecule has 0 atom stereocenters. The van der Waals surface area contributed by atoms with E-state index in [4.69, 9.17) is 6.42 Å². The van der Waals surface area contributed by atoms with Crippen molar-refractivity contribution in [2.24, 2.45) is 11.8 Å². The van der Waals surface area contributed by atoms with Crippen LogP contribution in [-0.2, 0) is 0 Å². The Kier molecular flexibility index (Phi) is 3.88. The van der Waals surface area contributed by atoms with Crippen molar-refractivity contribution in [2.75, 3.05) is 0 Å². The minimum Gasteiger partial charge on any atom is -0.115 e. The molecule has 0 aliphatic heterocycles. The number of hydrogen-bond donors (Lipinski definition) is 0. The summed E-state index contributed by atoms with van der Waals surface area (Å²) in [5.74, 6) is 3.73. The molecule has 0 spiro atoms. The van der Waals surface area contributed by atoms with Gasteiger partial charge in [-0.15, -0.1) is 6.42 Å². The van der Waals surface area contributed by atoms with E-state index in [2.05, 4.69) is 33.6 Å². The van der Waals surface area contributed by atoms with Gasteiger partial charge in [0.25, 0.3) is 0 Å². The van der Waals surface area contributed by atoms with E-state index < -0.39 is 0 Å². The highest BCUT2D eigenvalue weighted by Crippen LogP contribution is 2.18. The Labute approximate surface area is 64.3 Å². The molecule has 0 amide bonds. The van der Waals surface area contributed by atoms with Crippen molar-refractivity contribution >= 4 is 0 Å². The Morgan fingerprint density at radius 1 is 1.20 bits per heavy atom. The molecular weight excluding hydrogens is 120 g/mol. The van der Waals surface area contributed by atoms with Crippen molar-refractivity contribution in [2.45, 2.75) is 27.7 Å². The van der Waals surface area contributed by atoms with Crippen LogP contribution in [-0.4, -0.2) is 0 Å². The molecule has 0 aromatic heterocycles. The van der Waals surface area contributed by atoms with Crippen LogP contribution in [0.25, 0.3) is 0 Å². The lowest BCUT2D eigenvalue weighted by Gasteiger charge is -2.13. The zero-order chi connectivity index (χ0) is 8.15. The minimum atomic E-state index is 0.580. The summed E-state index contributed by atoms with van der Waals surface area (Å²) in [5, 5.41) is 0. The van der Waals surface area contributed by atoms with Gasteiger partial charge in [-0.2, -0.15) is 0 Å². The fourth-order valence-electron chi connectivity index (χ4n) is 1.10. The van der Waals surface area contributed by atoms with Gasteiger partial charge in [0.05, 0.1) is 0 Å². The van der Waals surface area contributed by atoms with E-state index in [-0.39, 0.29) is 0 Å². The molecule has 56 valence electrons. The van der Waals surface area contributed by atoms with Crippen LogP contribution in [0.3, 0.4) is 0 Å². The molecule has 10 heavy (non-hydrogen) atoms. The Morgan fingerprint density at radius 2 is 1.60 bits per heavy atom. The van der Waals surface area contributed by atoms with Crippen LogP contribution in [0, 0.1) is 24.2 Å². The zero-order valence-corrected chi connectivity index (χ0v) is 7.31. The second-order valence-corrected chi connectivity index (χ2v) is 3.12. The summed E-state index contributed by atoms with van der Waals surface area (Å²) in [7, 11) is 0. The summed E-state index contributed by atoms with van der Waals surface area (Å²) < 4.78 is 0. The highest BCUT2D eigenvalue weighted by Gasteiger charge is 2.05. The highest BCUT2D eigenvalue weighted by atomic mass is 14.1. The van der Waals surface area contributed by atoms with Crippen LogP contribution in [0.4, 0.5) is 0 Å². The third-order valence-electron chi connectivity index (χ3n) is 1.58. The van der Waals surface area contributed by atoms with Crippen LogP contribution >= 0.6 is 0 Å². The topological polar surface area (TPSA) is 0 Å². The van der Waals surface area contributed by atoms with E-state index in [9.17, 15) is 0 Å². The number of rotatable bonds is 2. The molecule has 0 saturated heterocycles. The standard InChI is InChI=1S/C10H16/c1-6-7-10(8(2)3)9(4)5/h1,7-9H,2-5H3. The van der Waals surface area contributed by atoms with Gasteiger partial charge in [0.15, 0.2) is 0 Å². The van der Waals surface area contributed by atoms with Gasteiger partial charge >= 0.3 is 0 Å². The average Bonchev–Trinajstić information content (AvgIpc) is 1.81. The number of hydrogen-bond acceptors (Lipinski definition) is 0. The minimum absolute atomic E-state index is 0.580. The zero-order valence-electron chi connectivity index (χ0n) is 7.31. The molecule has 0 saturated carbocycles. The summed E-state index contributed by atoms with van der Waals surface area (Å²) in [4.78, 5) is 0. The van der Waals surface area contributed by atoms with Crippen molar-refractivity contribution in [1.82, 2.24) is 0 Å². The second kappa shape index (κ2) is 4.17. The van der Waals surface area contributed by atoms with Gasteiger partial charge in [-0.05, 0) is 17.9 Å². The van der Waals surface area contributed by atoms with Gasteiger partial charge in [-0.25, -0.2) is 0 Å². The molecular formula is C10H16. The van der Waals surface area contributed by atoms with E-state index in [0.717, 1.165) is 0 Å². The molecule has 0 nitrogen and oxygen atoms in total. The van der Waals surface area contributed by atoms with Crippen LogP contribution in [0.5, 0.6) is 0 Å². The summed E-state index contributed by atoms with van der Waals surface area (Å²) >= 11 is 0. The molecule has 0 aliphatic carbocycles. The van der Waals surface area contributed by atoms with E-state index in [0.29, 0.717) is 11.8 Å². The predicted molar refractivity (Wildman–Crippen MR) is 46.6 cm³/mol. The third kappa shape index (κ3) is 2.73. The lowest BCUT2D eigenvalue weighted by Crippen LogP contribution is -2.01. The van der Waals surface area contributed by atoms with Gasteiger partial charge in [0, 0.05) is 0 Å². The molecule has 0 fully saturated rings. The van der Waals surface area contributed by atoms with E-state index in [1.807, 2.05) is 6.08 Å². The van der Waals surface area contributed by atoms with Crippen molar-refractivity contribution in [3.63, 3.8) is 0 Å². The maximum atomic E-state index is 5.18. The molecule has 0 N–H and O–H groups in total. The van der Waals surface area contributed by atoms with Crippen molar-refractivity contribution in [3.8, 4) is 12.3 Å². The van der Waals surface area contributed by atoms with Gasteiger partial charge in [-0.3, -0.25) is 0 Å². The Balaban J connectivity index is 4.30. The fraction of sp³-hybridized carbons (Fsp3) is 0.600. The third-order valence-corrected chi connectivity index (χ3v) is 1.58. The predicted octanol–water partition coefficient (Wildman–Crippen LogP) is 2.86. The SMILES string of the molecule is C#CC=C(C(C)C)C(C)C. The van der Waals surface area contributed by atoms with E-state index in [1.165, 1.54) is 5.57 Å². The molecule has 0 heteroatoms. The first kappa shape index (κ1) is 9.30. The lowest BCUT2D eigenvalue weighted by atomic mass is 9.92. The van der Waals surface area contributed by atoms with E-state index >= 15 is 0 Å². The van der Waals surface area contributed by atoms with Gasteiger partial charge in [-0.1, -0.05) is 39.2 Å². The van der Waals surface area contributed by atoms with Crippen molar-refractivity contribution in [1.29, 1.82) is 0 Å². The van der Waals surface area contributed by atoms with Crippen molar-refractivity contribution < 1.29 is 0 Å². The van der Waals surface area contributed by atoms with Gasteiger partial charge in [0.2, 0.25) is 0 Å². The lowest BCUT2D eigenvalue weighted by molar-refractivity contribution is 0.626. The molecule has 0 rings (SSSR count). The molecule has 0 radical (unpaired) electrons. The first-order valence-corrected chi connectivity index (χ1v) is 3.75. The van der Waals surface area contributed by atoms with Crippen molar-refractivity contribution in [3.05, 3.63) is 11.6 Å². The summed E-state index contributed by atoms with van der Waals surface area (Å²) in [6.07, 6.45) is 7.06.